The van der Waals surface area contributed by atoms with E-state index in [1.165, 1.54) is 0 Å². The van der Waals surface area contributed by atoms with Crippen LogP contribution in [0.15, 0.2) is 22.8 Å². The van der Waals surface area contributed by atoms with Crippen molar-refractivity contribution in [1.82, 2.24) is 24.3 Å². The smallest absolute Gasteiger partial charge is 0.356 e. The first-order valence-electron chi connectivity index (χ1n) is 8.62. The predicted octanol–water partition coefficient (Wildman–Crippen LogP) is 2.24. The molecule has 1 fully saturated rings. The van der Waals surface area contributed by atoms with Crippen LogP contribution in [0.2, 0.25) is 0 Å². The van der Waals surface area contributed by atoms with E-state index in [0.717, 1.165) is 10.7 Å². The van der Waals surface area contributed by atoms with E-state index in [1.54, 1.807) is 18.4 Å². The molecule has 3 heterocycles. The molecule has 2 aromatic rings. The molecule has 0 radical (unpaired) electrons. The van der Waals surface area contributed by atoms with Gasteiger partial charge in [-0.15, -0.1) is 35.3 Å². The molecular weight excluding hydrogens is 544 g/mol. The van der Waals surface area contributed by atoms with Gasteiger partial charge in [0.2, 0.25) is 0 Å². The van der Waals surface area contributed by atoms with Gasteiger partial charge in [0.05, 0.1) is 12.2 Å². The molecule has 0 spiro atoms. The molecule has 0 aromatic carbocycles. The number of piperidine rings is 1. The normalized spacial score (nSPS) is 17.3. The summed E-state index contributed by atoms with van der Waals surface area (Å²) >= 11 is 1.54. The van der Waals surface area contributed by atoms with Gasteiger partial charge in [-0.3, -0.25) is 9.39 Å². The average Bonchev–Trinajstić information content (AvgIpc) is 3.23. The first kappa shape index (κ1) is 24.1. The van der Waals surface area contributed by atoms with Gasteiger partial charge in [0.15, 0.2) is 10.9 Å². The number of guanidine groups is 1. The highest BCUT2D eigenvalue weighted by molar-refractivity contribution is 14.0. The molecule has 2 N–H and O–H groups in total. The Morgan fingerprint density at radius 1 is 1.34 bits per heavy atom. The van der Waals surface area contributed by atoms with Gasteiger partial charge in [-0.1, -0.05) is 0 Å². The monoisotopic (exact) mass is 566 g/mol. The Labute approximate surface area is 187 Å². The Morgan fingerprint density at radius 2 is 2.03 bits per heavy atom. The number of rotatable bonds is 5. The molecule has 8 nitrogen and oxygen atoms in total. The number of sulfonamides is 1. The summed E-state index contributed by atoms with van der Waals surface area (Å²) in [4.78, 5) is 9.49. The highest BCUT2D eigenvalue weighted by Gasteiger charge is 2.50. The largest absolute Gasteiger partial charge is 0.511 e. The van der Waals surface area contributed by atoms with E-state index in [0.29, 0.717) is 36.2 Å². The summed E-state index contributed by atoms with van der Waals surface area (Å²) in [5.41, 5.74) is -4.38. The van der Waals surface area contributed by atoms with Crippen molar-refractivity contribution in [3.63, 3.8) is 0 Å². The fourth-order valence-electron chi connectivity index (χ4n) is 3.00. The number of nitrogens with one attached hydrogen (secondary N) is 2. The lowest BCUT2D eigenvalue weighted by atomic mass is 9.98. The number of halogens is 4. The Hall–Kier alpha value is -1.13. The number of aliphatic imine (C=N–C) groups is 1. The van der Waals surface area contributed by atoms with E-state index in [9.17, 15) is 21.6 Å². The van der Waals surface area contributed by atoms with Gasteiger partial charge in [0.1, 0.15) is 0 Å². The summed E-state index contributed by atoms with van der Waals surface area (Å²) in [6.07, 6.45) is 4.56. The van der Waals surface area contributed by atoms with E-state index in [-0.39, 0.29) is 43.0 Å². The highest BCUT2D eigenvalue weighted by atomic mass is 127. The minimum atomic E-state index is -5.24. The zero-order valence-corrected chi connectivity index (χ0v) is 19.5. The van der Waals surface area contributed by atoms with Gasteiger partial charge in [-0.05, 0) is 18.8 Å². The summed E-state index contributed by atoms with van der Waals surface area (Å²) in [7, 11) is -3.61. The predicted molar refractivity (Wildman–Crippen MR) is 116 cm³/mol. The van der Waals surface area contributed by atoms with Crippen LogP contribution in [0, 0.1) is 5.92 Å². The molecule has 0 saturated carbocycles. The molecule has 2 aromatic heterocycles. The molecule has 164 valence electrons. The number of alkyl halides is 3. The van der Waals surface area contributed by atoms with Gasteiger partial charge in [-0.25, -0.2) is 13.4 Å². The summed E-state index contributed by atoms with van der Waals surface area (Å²) < 4.78 is 63.2. The number of fused-ring (bicyclic) bond motifs is 1. The number of thiazole rings is 1. The molecule has 0 atom stereocenters. The van der Waals surface area contributed by atoms with Crippen molar-refractivity contribution in [3.8, 4) is 0 Å². The third kappa shape index (κ3) is 5.73. The van der Waals surface area contributed by atoms with Crippen LogP contribution in [0.25, 0.3) is 4.96 Å². The Bertz CT molecular complexity index is 907. The third-order valence-electron chi connectivity index (χ3n) is 4.57. The number of hydrogen-bond donors (Lipinski definition) is 2. The summed E-state index contributed by atoms with van der Waals surface area (Å²) in [6, 6.07) is 0. The van der Waals surface area contributed by atoms with Crippen molar-refractivity contribution in [1.29, 1.82) is 0 Å². The number of hydrogen-bond acceptors (Lipinski definition) is 5. The van der Waals surface area contributed by atoms with Crippen molar-refractivity contribution in [2.24, 2.45) is 10.9 Å². The van der Waals surface area contributed by atoms with Crippen molar-refractivity contribution in [2.45, 2.75) is 24.9 Å². The van der Waals surface area contributed by atoms with Crippen LogP contribution in [0.1, 0.15) is 18.5 Å². The standard InChI is InChI=1S/C15H21F3N6O2S2.HI/c1-19-13(21-9-12-10-23-6-7-27-14(23)22-12)20-8-11-2-4-24(5-3-11)28(25,26)15(16,17)18;/h6-7,10-11H,2-5,8-9H2,1H3,(H2,19,20,21);1H. The maximum atomic E-state index is 12.6. The molecule has 0 bridgehead atoms. The van der Waals surface area contributed by atoms with Crippen LogP contribution in [0.5, 0.6) is 0 Å². The van der Waals surface area contributed by atoms with E-state index >= 15 is 0 Å². The molecule has 29 heavy (non-hydrogen) atoms. The topological polar surface area (TPSA) is 91.1 Å². The van der Waals surface area contributed by atoms with Gasteiger partial charge < -0.3 is 10.6 Å². The van der Waals surface area contributed by atoms with E-state index in [1.807, 2.05) is 22.2 Å². The summed E-state index contributed by atoms with van der Waals surface area (Å²) in [6.45, 7) is 0.714. The second-order valence-electron chi connectivity index (χ2n) is 6.42. The minimum Gasteiger partial charge on any atom is -0.356 e. The summed E-state index contributed by atoms with van der Waals surface area (Å²) in [5.74, 6) is 0.623. The molecule has 0 unspecified atom stereocenters. The second kappa shape index (κ2) is 9.78. The molecule has 0 amide bonds. The molecule has 14 heteroatoms. The number of imidazole rings is 1. The molecule has 1 saturated heterocycles. The number of aromatic nitrogens is 2. The molecule has 1 aliphatic heterocycles. The highest BCUT2D eigenvalue weighted by Crippen LogP contribution is 2.30. The zero-order valence-electron chi connectivity index (χ0n) is 15.5. The van der Waals surface area contributed by atoms with Gasteiger partial charge in [0, 0.05) is 44.5 Å². The van der Waals surface area contributed by atoms with Crippen LogP contribution in [0.3, 0.4) is 0 Å². The Kier molecular flexibility index (Phi) is 8.15. The van der Waals surface area contributed by atoms with Gasteiger partial charge in [0.25, 0.3) is 0 Å². The fraction of sp³-hybridized carbons (Fsp3) is 0.600. The van der Waals surface area contributed by atoms with Gasteiger partial charge >= 0.3 is 15.5 Å². The van der Waals surface area contributed by atoms with E-state index < -0.39 is 15.5 Å². The van der Waals surface area contributed by atoms with Crippen molar-refractivity contribution < 1.29 is 21.6 Å². The quantitative estimate of drug-likeness (QED) is 0.329. The van der Waals surface area contributed by atoms with Crippen molar-refractivity contribution in [2.75, 3.05) is 26.7 Å². The van der Waals surface area contributed by atoms with Crippen molar-refractivity contribution >= 4 is 56.3 Å². The molecule has 1 aliphatic rings. The average molecular weight is 566 g/mol. The van der Waals surface area contributed by atoms with Crippen LogP contribution in [-0.2, 0) is 16.6 Å². The van der Waals surface area contributed by atoms with Crippen LogP contribution in [0.4, 0.5) is 13.2 Å². The Morgan fingerprint density at radius 3 is 2.62 bits per heavy atom. The second-order valence-corrected chi connectivity index (χ2v) is 9.23. The van der Waals surface area contributed by atoms with E-state index in [4.69, 9.17) is 0 Å². The third-order valence-corrected chi connectivity index (χ3v) is 6.97. The van der Waals surface area contributed by atoms with Crippen molar-refractivity contribution in [3.05, 3.63) is 23.5 Å². The first-order chi connectivity index (χ1) is 13.2. The van der Waals surface area contributed by atoms with E-state index in [2.05, 4.69) is 20.6 Å². The van der Waals surface area contributed by atoms with Crippen LogP contribution >= 0.6 is 35.3 Å². The lowest BCUT2D eigenvalue weighted by Gasteiger charge is -2.31. The Balaban J connectivity index is 0.00000300. The van der Waals surface area contributed by atoms with Crippen LogP contribution < -0.4 is 10.6 Å². The fourth-order valence-corrected chi connectivity index (χ4v) is 4.70. The zero-order chi connectivity index (χ0) is 20.4. The maximum Gasteiger partial charge on any atom is 0.511 e. The molecule has 0 aliphatic carbocycles. The first-order valence-corrected chi connectivity index (χ1v) is 10.9. The van der Waals surface area contributed by atoms with Gasteiger partial charge in [-0.2, -0.15) is 17.5 Å². The molecular formula is C15H22F3IN6O2S2. The SMILES string of the molecule is CN=C(NCc1cn2ccsc2n1)NCC1CCN(S(=O)(=O)C(F)(F)F)CC1.I. The lowest BCUT2D eigenvalue weighted by molar-refractivity contribution is -0.0496. The summed E-state index contributed by atoms with van der Waals surface area (Å²) in [5, 5.41) is 8.23. The lowest BCUT2D eigenvalue weighted by Crippen LogP contribution is -2.47. The minimum absolute atomic E-state index is 0. The van der Waals surface area contributed by atoms with Crippen LogP contribution in [-0.4, -0.2) is 60.3 Å². The number of nitrogens with zero attached hydrogens (tertiary/aromatic N) is 4. The maximum absolute atomic E-state index is 12.6. The molecule has 3 rings (SSSR count).